The van der Waals surface area contributed by atoms with Crippen LogP contribution >= 0.6 is 0 Å². The highest BCUT2D eigenvalue weighted by molar-refractivity contribution is 5.94. The molecule has 5 nitrogen and oxygen atoms in total. The van der Waals surface area contributed by atoms with Crippen molar-refractivity contribution in [2.24, 2.45) is 0 Å². The first-order valence-corrected chi connectivity index (χ1v) is 7.35. The quantitative estimate of drug-likeness (QED) is 0.861. The Kier molecular flexibility index (Phi) is 2.82. The van der Waals surface area contributed by atoms with E-state index >= 15 is 0 Å². The third kappa shape index (κ3) is 1.96. The van der Waals surface area contributed by atoms with E-state index in [-0.39, 0.29) is 5.91 Å². The van der Waals surface area contributed by atoms with Crippen molar-refractivity contribution in [3.05, 3.63) is 52.6 Å². The Labute approximate surface area is 123 Å². The van der Waals surface area contributed by atoms with Crippen molar-refractivity contribution in [1.82, 2.24) is 19.8 Å². The van der Waals surface area contributed by atoms with Crippen LogP contribution in [0.5, 0.6) is 0 Å². The van der Waals surface area contributed by atoms with Gasteiger partial charge in [0.25, 0.3) is 5.91 Å². The van der Waals surface area contributed by atoms with Crippen molar-refractivity contribution in [2.75, 3.05) is 6.54 Å². The van der Waals surface area contributed by atoms with Crippen LogP contribution in [0.2, 0.25) is 0 Å². The Hall–Kier alpha value is -2.14. The summed E-state index contributed by atoms with van der Waals surface area (Å²) in [6, 6.07) is 6.28. The van der Waals surface area contributed by atoms with E-state index in [1.54, 1.807) is 6.33 Å². The van der Waals surface area contributed by atoms with Crippen LogP contribution in [-0.2, 0) is 26.2 Å². The monoisotopic (exact) mass is 282 g/mol. The second kappa shape index (κ2) is 4.70. The van der Waals surface area contributed by atoms with E-state index in [1.165, 1.54) is 16.7 Å². The first-order chi connectivity index (χ1) is 10.2. The highest BCUT2D eigenvalue weighted by atomic mass is 16.2. The fourth-order valence-corrected chi connectivity index (χ4v) is 3.25. The zero-order valence-electron chi connectivity index (χ0n) is 12.1. The van der Waals surface area contributed by atoms with Crippen LogP contribution < -0.4 is 5.32 Å². The molecule has 21 heavy (non-hydrogen) atoms. The van der Waals surface area contributed by atoms with E-state index in [9.17, 15) is 4.79 Å². The predicted octanol–water partition coefficient (Wildman–Crippen LogP) is 1.45. The fourth-order valence-electron chi connectivity index (χ4n) is 3.25. The standard InChI is InChI=1S/C16H18N4O/c1-11-3-2-4-12-8-20(9-13(11)12)16(21)15-14-7-17-5-6-19(14)10-18-15/h2-4,10,17H,5-9H2,1H3. The molecule has 2 aliphatic heterocycles. The lowest BCUT2D eigenvalue weighted by atomic mass is 10.1. The Balaban J connectivity index is 1.63. The number of carbonyl (C=O) groups excluding carboxylic acids is 1. The molecule has 1 amide bonds. The second-order valence-electron chi connectivity index (χ2n) is 5.78. The molecule has 1 aromatic heterocycles. The average Bonchev–Trinajstić information content (AvgIpc) is 3.11. The lowest BCUT2D eigenvalue weighted by molar-refractivity contribution is 0.0744. The van der Waals surface area contributed by atoms with Crippen molar-refractivity contribution in [3.8, 4) is 0 Å². The molecule has 0 saturated carbocycles. The summed E-state index contributed by atoms with van der Waals surface area (Å²) < 4.78 is 2.08. The van der Waals surface area contributed by atoms with Gasteiger partial charge in [0.05, 0.1) is 12.0 Å². The van der Waals surface area contributed by atoms with Gasteiger partial charge in [-0.1, -0.05) is 18.2 Å². The highest BCUT2D eigenvalue weighted by Crippen LogP contribution is 2.27. The molecule has 3 heterocycles. The molecule has 5 heteroatoms. The summed E-state index contributed by atoms with van der Waals surface area (Å²) in [7, 11) is 0. The molecule has 1 aromatic carbocycles. The maximum absolute atomic E-state index is 12.8. The largest absolute Gasteiger partial charge is 0.331 e. The van der Waals surface area contributed by atoms with Crippen molar-refractivity contribution in [2.45, 2.75) is 33.1 Å². The lowest BCUT2D eigenvalue weighted by Crippen LogP contribution is -2.31. The van der Waals surface area contributed by atoms with E-state index in [2.05, 4.69) is 40.0 Å². The molecule has 2 aromatic rings. The number of imidazole rings is 1. The Bertz CT molecular complexity index is 719. The first-order valence-electron chi connectivity index (χ1n) is 7.35. The molecule has 0 bridgehead atoms. The SMILES string of the molecule is Cc1cccc2c1CN(C(=O)c1ncn3c1CNCC3)C2. The Morgan fingerprint density at radius 3 is 3.10 bits per heavy atom. The number of hydrogen-bond acceptors (Lipinski definition) is 3. The van der Waals surface area contributed by atoms with Crippen LogP contribution in [0.25, 0.3) is 0 Å². The van der Waals surface area contributed by atoms with Crippen molar-refractivity contribution < 1.29 is 4.79 Å². The van der Waals surface area contributed by atoms with Gasteiger partial charge in [0.1, 0.15) is 0 Å². The number of nitrogens with zero attached hydrogens (tertiary/aromatic N) is 3. The second-order valence-corrected chi connectivity index (χ2v) is 5.78. The fraction of sp³-hybridized carbons (Fsp3) is 0.375. The lowest BCUT2D eigenvalue weighted by Gasteiger charge is -2.19. The van der Waals surface area contributed by atoms with Crippen molar-refractivity contribution >= 4 is 5.91 Å². The number of benzene rings is 1. The van der Waals surface area contributed by atoms with Gasteiger partial charge in [-0.3, -0.25) is 4.79 Å². The number of carbonyl (C=O) groups is 1. The summed E-state index contributed by atoms with van der Waals surface area (Å²) in [5.74, 6) is 0.0445. The normalized spacial score (nSPS) is 16.7. The van der Waals surface area contributed by atoms with Crippen molar-refractivity contribution in [3.63, 3.8) is 0 Å². The van der Waals surface area contributed by atoms with Gasteiger partial charge in [0.2, 0.25) is 0 Å². The summed E-state index contributed by atoms with van der Waals surface area (Å²) in [4.78, 5) is 19.0. The van der Waals surface area contributed by atoms with Gasteiger partial charge in [0.15, 0.2) is 5.69 Å². The number of aromatic nitrogens is 2. The minimum atomic E-state index is 0.0445. The molecular weight excluding hydrogens is 264 g/mol. The number of aryl methyl sites for hydroxylation is 1. The Morgan fingerprint density at radius 1 is 1.33 bits per heavy atom. The van der Waals surface area contributed by atoms with E-state index in [0.29, 0.717) is 18.8 Å². The van der Waals surface area contributed by atoms with Crippen LogP contribution in [0.1, 0.15) is 32.9 Å². The molecule has 0 saturated heterocycles. The van der Waals surface area contributed by atoms with Crippen LogP contribution in [-0.4, -0.2) is 26.9 Å². The number of amides is 1. The van der Waals surface area contributed by atoms with E-state index < -0.39 is 0 Å². The van der Waals surface area contributed by atoms with Crippen molar-refractivity contribution in [1.29, 1.82) is 0 Å². The highest BCUT2D eigenvalue weighted by Gasteiger charge is 2.29. The van der Waals surface area contributed by atoms with Crippen LogP contribution in [0.4, 0.5) is 0 Å². The van der Waals surface area contributed by atoms with Gasteiger partial charge in [-0.2, -0.15) is 0 Å². The van der Waals surface area contributed by atoms with E-state index in [1.807, 2.05) is 4.90 Å². The summed E-state index contributed by atoms with van der Waals surface area (Å²) in [6.45, 7) is 6.03. The van der Waals surface area contributed by atoms with Crippen LogP contribution in [0.3, 0.4) is 0 Å². The molecule has 0 spiro atoms. The minimum absolute atomic E-state index is 0.0445. The Morgan fingerprint density at radius 2 is 2.24 bits per heavy atom. The van der Waals surface area contributed by atoms with Gasteiger partial charge in [-0.05, 0) is 23.6 Å². The molecule has 1 N–H and O–H groups in total. The molecule has 2 aliphatic rings. The zero-order valence-corrected chi connectivity index (χ0v) is 12.1. The van der Waals surface area contributed by atoms with Gasteiger partial charge < -0.3 is 14.8 Å². The summed E-state index contributed by atoms with van der Waals surface area (Å²) in [6.07, 6.45) is 1.79. The third-order valence-electron chi connectivity index (χ3n) is 4.48. The average molecular weight is 282 g/mol. The van der Waals surface area contributed by atoms with Gasteiger partial charge in [-0.25, -0.2) is 4.98 Å². The molecule has 108 valence electrons. The molecule has 0 aliphatic carbocycles. The molecule has 0 unspecified atom stereocenters. The summed E-state index contributed by atoms with van der Waals surface area (Å²) in [5, 5.41) is 3.31. The molecular formula is C16H18N4O. The van der Waals surface area contributed by atoms with Gasteiger partial charge >= 0.3 is 0 Å². The van der Waals surface area contributed by atoms with Crippen LogP contribution in [0.15, 0.2) is 24.5 Å². The maximum atomic E-state index is 12.8. The molecule has 0 fully saturated rings. The van der Waals surface area contributed by atoms with E-state index in [4.69, 9.17) is 0 Å². The maximum Gasteiger partial charge on any atom is 0.274 e. The number of hydrogen-bond donors (Lipinski definition) is 1. The first kappa shape index (κ1) is 12.6. The smallest absolute Gasteiger partial charge is 0.274 e. The van der Waals surface area contributed by atoms with Crippen LogP contribution in [0, 0.1) is 6.92 Å². The van der Waals surface area contributed by atoms with Gasteiger partial charge in [0, 0.05) is 32.7 Å². The molecule has 0 atom stereocenters. The zero-order chi connectivity index (χ0) is 14.4. The van der Waals surface area contributed by atoms with Gasteiger partial charge in [-0.15, -0.1) is 0 Å². The number of fused-ring (bicyclic) bond motifs is 2. The topological polar surface area (TPSA) is 50.2 Å². The number of rotatable bonds is 1. The van der Waals surface area contributed by atoms with E-state index in [0.717, 1.165) is 25.3 Å². The summed E-state index contributed by atoms with van der Waals surface area (Å²) in [5.41, 5.74) is 5.43. The molecule has 4 rings (SSSR count). The number of nitrogens with one attached hydrogen (secondary N) is 1. The molecule has 0 radical (unpaired) electrons. The third-order valence-corrected chi connectivity index (χ3v) is 4.48. The predicted molar refractivity (Wildman–Crippen MR) is 78.7 cm³/mol. The summed E-state index contributed by atoms with van der Waals surface area (Å²) >= 11 is 0. The minimum Gasteiger partial charge on any atom is -0.331 e.